The minimum atomic E-state index is 0. The molecule has 4 heteroatoms. The summed E-state index contributed by atoms with van der Waals surface area (Å²) >= 11 is 0. The Kier molecular flexibility index (Phi) is 45.0. The summed E-state index contributed by atoms with van der Waals surface area (Å²) in [5.41, 5.74) is 0. The molecular weight excluding hydrogens is 454 g/mol. The van der Waals surface area contributed by atoms with E-state index in [4.69, 9.17) is 10.2 Å². The number of aliphatic hydroxyl groups is 2. The number of rotatable bonds is 0. The summed E-state index contributed by atoms with van der Waals surface area (Å²) in [5, 5.41) is 14.0. The van der Waals surface area contributed by atoms with Gasteiger partial charge in [-0.1, -0.05) is 48.6 Å². The van der Waals surface area contributed by atoms with Crippen LogP contribution in [0.2, 0.25) is 0 Å². The molecule has 0 atom stereocenters. The Morgan fingerprint density at radius 1 is 0.364 bits per heavy atom. The van der Waals surface area contributed by atoms with Gasteiger partial charge in [0.2, 0.25) is 0 Å². The van der Waals surface area contributed by atoms with E-state index in [9.17, 15) is 0 Å². The fraction of sp³-hybridized carbons (Fsp3) is 0.556. The van der Waals surface area contributed by atoms with Gasteiger partial charge >= 0.3 is 0 Å². The van der Waals surface area contributed by atoms with Crippen molar-refractivity contribution >= 4 is 0 Å². The van der Waals surface area contributed by atoms with E-state index in [0.717, 1.165) is 14.2 Å². The van der Waals surface area contributed by atoms with Crippen molar-refractivity contribution in [2.75, 3.05) is 14.2 Å². The van der Waals surface area contributed by atoms with Gasteiger partial charge in [-0.2, -0.15) is 0 Å². The maximum absolute atomic E-state index is 7.00. The van der Waals surface area contributed by atoms with Crippen molar-refractivity contribution in [1.29, 1.82) is 0 Å². The second-order valence-corrected chi connectivity index (χ2v) is 4.20. The predicted octanol–water partition coefficient (Wildman–Crippen LogP) is 4.56. The molecule has 0 aromatic heterocycles. The fourth-order valence-corrected chi connectivity index (χ4v) is 1.71. The molecule has 0 bridgehead atoms. The van der Waals surface area contributed by atoms with E-state index in [0.29, 0.717) is 0 Å². The molecule has 0 heterocycles. The van der Waals surface area contributed by atoms with Gasteiger partial charge < -0.3 is 10.2 Å². The van der Waals surface area contributed by atoms with Crippen LogP contribution >= 0.6 is 0 Å². The molecule has 0 aliphatic heterocycles. The number of aliphatic hydroxyl groups excluding tert-OH is 2. The van der Waals surface area contributed by atoms with Gasteiger partial charge in [0.15, 0.2) is 0 Å². The first-order chi connectivity index (χ1) is 10.0. The van der Waals surface area contributed by atoms with Crippen LogP contribution in [0.3, 0.4) is 0 Å². The van der Waals surface area contributed by atoms with Crippen molar-refractivity contribution in [3.63, 3.8) is 0 Å². The zero-order chi connectivity index (χ0) is 15.3. The van der Waals surface area contributed by atoms with E-state index >= 15 is 0 Å². The molecule has 2 aliphatic carbocycles. The molecule has 0 aromatic carbocycles. The second kappa shape index (κ2) is 32.9. The molecule has 134 valence electrons. The van der Waals surface area contributed by atoms with Gasteiger partial charge in [0, 0.05) is 53.2 Å². The Balaban J connectivity index is -0.000000112. The Morgan fingerprint density at radius 3 is 0.545 bits per heavy atom. The zero-order valence-corrected chi connectivity index (χ0v) is 17.1. The van der Waals surface area contributed by atoms with Crippen molar-refractivity contribution in [3.05, 3.63) is 48.6 Å². The summed E-state index contributed by atoms with van der Waals surface area (Å²) in [7, 11) is 2.00. The molecule has 0 fully saturated rings. The Hall–Kier alpha value is 0.127. The van der Waals surface area contributed by atoms with Gasteiger partial charge in [0.25, 0.3) is 0 Å². The third-order valence-electron chi connectivity index (χ3n) is 2.67. The largest absolute Gasteiger partial charge is 0.400 e. The average molecular weight is 486 g/mol. The van der Waals surface area contributed by atoms with Gasteiger partial charge in [-0.3, -0.25) is 0 Å². The molecule has 2 aliphatic rings. The van der Waals surface area contributed by atoms with Gasteiger partial charge in [-0.15, -0.1) is 0 Å². The van der Waals surface area contributed by atoms with Crippen LogP contribution in [0, 0.1) is 0 Å². The van der Waals surface area contributed by atoms with Crippen molar-refractivity contribution in [1.82, 2.24) is 0 Å². The Bertz CT molecular complexity index is 192. The first kappa shape index (κ1) is 30.1. The molecule has 0 saturated heterocycles. The Labute approximate surface area is 163 Å². The van der Waals surface area contributed by atoms with Crippen LogP contribution in [0.15, 0.2) is 48.6 Å². The minimum Gasteiger partial charge on any atom is -0.400 e. The SMILES string of the molecule is C1=C\CC/C=C\CC/1.C1=C\CC/C=C\CC/1.CO.CO.[Rh].[Rh]. The van der Waals surface area contributed by atoms with Crippen molar-refractivity contribution in [2.45, 2.75) is 51.4 Å². The summed E-state index contributed by atoms with van der Waals surface area (Å²) in [6.45, 7) is 0. The van der Waals surface area contributed by atoms with Crippen LogP contribution in [-0.4, -0.2) is 24.4 Å². The number of hydrogen-bond donors (Lipinski definition) is 2. The van der Waals surface area contributed by atoms with Crippen LogP contribution in [0.25, 0.3) is 0 Å². The first-order valence-corrected chi connectivity index (χ1v) is 7.49. The molecule has 22 heavy (non-hydrogen) atoms. The predicted molar refractivity (Wildman–Crippen MR) is 89.8 cm³/mol. The third kappa shape index (κ3) is 28.3. The summed E-state index contributed by atoms with van der Waals surface area (Å²) in [6, 6.07) is 0. The second-order valence-electron chi connectivity index (χ2n) is 4.20. The number of hydrogen-bond acceptors (Lipinski definition) is 2. The van der Waals surface area contributed by atoms with Crippen LogP contribution in [0.4, 0.5) is 0 Å². The molecule has 2 rings (SSSR count). The normalized spacial score (nSPS) is 20.9. The molecule has 0 amide bonds. The van der Waals surface area contributed by atoms with Crippen LogP contribution in [0.5, 0.6) is 0 Å². The van der Waals surface area contributed by atoms with Gasteiger partial charge in [0.1, 0.15) is 0 Å². The molecule has 0 aromatic rings. The molecule has 2 radical (unpaired) electrons. The monoisotopic (exact) mass is 486 g/mol. The van der Waals surface area contributed by atoms with Gasteiger partial charge in [-0.05, 0) is 51.4 Å². The average Bonchev–Trinajstić information content (AvgIpc) is 2.42. The molecule has 2 nitrogen and oxygen atoms in total. The third-order valence-corrected chi connectivity index (χ3v) is 2.67. The van der Waals surface area contributed by atoms with E-state index in [2.05, 4.69) is 48.6 Å². The van der Waals surface area contributed by atoms with E-state index in [1.807, 2.05) is 0 Å². The summed E-state index contributed by atoms with van der Waals surface area (Å²) < 4.78 is 0. The molecular formula is C18H32O2Rh2. The topological polar surface area (TPSA) is 40.5 Å². The van der Waals surface area contributed by atoms with Crippen LogP contribution in [-0.2, 0) is 39.0 Å². The minimum absolute atomic E-state index is 0. The summed E-state index contributed by atoms with van der Waals surface area (Å²) in [4.78, 5) is 0. The molecule has 0 unspecified atom stereocenters. The Morgan fingerprint density at radius 2 is 0.455 bits per heavy atom. The van der Waals surface area contributed by atoms with Crippen molar-refractivity contribution in [3.8, 4) is 0 Å². The first-order valence-electron chi connectivity index (χ1n) is 7.49. The quantitative estimate of drug-likeness (QED) is 0.390. The van der Waals surface area contributed by atoms with Gasteiger partial charge in [0.05, 0.1) is 0 Å². The maximum atomic E-state index is 7.00. The van der Waals surface area contributed by atoms with E-state index < -0.39 is 0 Å². The molecule has 0 spiro atoms. The van der Waals surface area contributed by atoms with Crippen molar-refractivity contribution < 1.29 is 49.2 Å². The zero-order valence-electron chi connectivity index (χ0n) is 13.8. The smallest absolute Gasteiger partial charge is 0.0319 e. The van der Waals surface area contributed by atoms with E-state index in [-0.39, 0.29) is 39.0 Å². The molecule has 2 N–H and O–H groups in total. The molecule has 0 saturated carbocycles. The van der Waals surface area contributed by atoms with Crippen LogP contribution < -0.4 is 0 Å². The number of allylic oxidation sites excluding steroid dienone is 8. The van der Waals surface area contributed by atoms with E-state index in [1.54, 1.807) is 0 Å². The summed E-state index contributed by atoms with van der Waals surface area (Å²) in [6.07, 6.45) is 28.0. The van der Waals surface area contributed by atoms with Gasteiger partial charge in [-0.25, -0.2) is 0 Å². The standard InChI is InChI=1S/2C8H12.2CH4O.2Rh/c2*1-2-4-6-8-7-5-3-1;2*1-2;;/h2*1-2,7-8H,3-6H2;2*2H,1H3;;/b2*2-1-,8-7-;;;;. The fourth-order valence-electron chi connectivity index (χ4n) is 1.71. The summed E-state index contributed by atoms with van der Waals surface area (Å²) in [5.74, 6) is 0. The van der Waals surface area contributed by atoms with E-state index in [1.165, 1.54) is 51.4 Å². The van der Waals surface area contributed by atoms with Crippen LogP contribution in [0.1, 0.15) is 51.4 Å². The maximum Gasteiger partial charge on any atom is 0.0319 e. The van der Waals surface area contributed by atoms with Crippen molar-refractivity contribution in [2.24, 2.45) is 0 Å².